The highest BCUT2D eigenvalue weighted by Crippen LogP contribution is 2.45. The molecule has 4 fully saturated rings. The number of aromatic hydroxyl groups is 1. The molecular weight excluding hydrogens is 659 g/mol. The zero-order valence-electron chi connectivity index (χ0n) is 26.9. The Hall–Kier alpha value is -4.32. The van der Waals surface area contributed by atoms with Gasteiger partial charge in [-0.05, 0) is 75.1 Å². The molecule has 260 valence electrons. The number of pyridine rings is 1. The van der Waals surface area contributed by atoms with Crippen LogP contribution >= 0.6 is 0 Å². The lowest BCUT2D eigenvalue weighted by atomic mass is 9.94. The molecule has 7 heterocycles. The molecule has 14 heteroatoms. The predicted molar refractivity (Wildman–Crippen MR) is 174 cm³/mol. The first-order valence-corrected chi connectivity index (χ1v) is 17.0. The van der Waals surface area contributed by atoms with E-state index in [2.05, 4.69) is 25.9 Å². The van der Waals surface area contributed by atoms with Crippen LogP contribution in [-0.4, -0.2) is 87.3 Å². The molecule has 0 spiro atoms. The van der Waals surface area contributed by atoms with Crippen molar-refractivity contribution in [2.24, 2.45) is 0 Å². The van der Waals surface area contributed by atoms with Gasteiger partial charge < -0.3 is 20.1 Å². The summed E-state index contributed by atoms with van der Waals surface area (Å²) in [6, 6.07) is 5.80. The number of halogens is 5. The zero-order chi connectivity index (χ0) is 34.5. The molecule has 9 nitrogen and oxygen atoms in total. The maximum absolute atomic E-state index is 17.1. The van der Waals surface area contributed by atoms with Crippen LogP contribution in [0.1, 0.15) is 49.8 Å². The third-order valence-electron chi connectivity index (χ3n) is 11.3. The van der Waals surface area contributed by atoms with E-state index in [1.165, 1.54) is 24.3 Å². The largest absolute Gasteiger partial charge is 0.522 e. The smallest absolute Gasteiger partial charge is 0.508 e. The molecule has 0 radical (unpaired) electrons. The van der Waals surface area contributed by atoms with Crippen LogP contribution in [0.25, 0.3) is 32.9 Å². The molecule has 2 aromatic heterocycles. The number of anilines is 1. The highest BCUT2D eigenvalue weighted by Gasteiger charge is 2.52. The number of hydrogen-bond donors (Lipinski definition) is 2. The van der Waals surface area contributed by atoms with Gasteiger partial charge in [-0.1, -0.05) is 12.0 Å². The van der Waals surface area contributed by atoms with Crippen molar-refractivity contribution in [3.8, 4) is 35.4 Å². The minimum absolute atomic E-state index is 0.000314. The van der Waals surface area contributed by atoms with Crippen molar-refractivity contribution in [3.63, 3.8) is 0 Å². The highest BCUT2D eigenvalue weighted by molar-refractivity contribution is 6.03. The van der Waals surface area contributed by atoms with Crippen molar-refractivity contribution in [3.05, 3.63) is 47.2 Å². The zero-order valence-corrected chi connectivity index (χ0v) is 26.9. The van der Waals surface area contributed by atoms with Gasteiger partial charge in [-0.2, -0.15) is 9.97 Å². The molecular formula is C36H33F5N6O3. The molecule has 5 atom stereocenters. The maximum Gasteiger partial charge on any atom is 0.522 e. The molecule has 50 heavy (non-hydrogen) atoms. The number of alkyl halides is 3. The lowest BCUT2D eigenvalue weighted by Crippen LogP contribution is -2.58. The summed E-state index contributed by atoms with van der Waals surface area (Å²) in [5.41, 5.74) is -0.299. The number of nitrogens with zero attached hydrogens (tertiary/aromatic N) is 5. The van der Waals surface area contributed by atoms with Gasteiger partial charge in [-0.3, -0.25) is 9.64 Å². The number of rotatable bonds is 5. The molecule has 5 aliphatic heterocycles. The molecule has 9 rings (SSSR count). The summed E-state index contributed by atoms with van der Waals surface area (Å²) in [5.74, 6) is 1.22. The molecule has 0 saturated carbocycles. The van der Waals surface area contributed by atoms with E-state index >= 15 is 8.78 Å². The topological polar surface area (TPSA) is 95.9 Å². The molecule has 2 aromatic carbocycles. The van der Waals surface area contributed by atoms with Gasteiger partial charge in [0.1, 0.15) is 35.2 Å². The number of phenolic OH excluding ortho intramolecular Hbond substituents is 1. The number of fused-ring (bicyclic) bond motifs is 7. The van der Waals surface area contributed by atoms with E-state index in [1.54, 1.807) is 0 Å². The van der Waals surface area contributed by atoms with Crippen LogP contribution in [0, 0.1) is 24.0 Å². The number of ether oxygens (including phenoxy) is 2. The fraction of sp³-hybridized carbons (Fsp3) is 0.472. The van der Waals surface area contributed by atoms with Crippen molar-refractivity contribution >= 4 is 27.5 Å². The standard InChI is InChI=1S/C36H33F5N6O3/c1-2-22-24(37)6-4-18-12-20(48)13-23(28(18)22)31-30(38)32-29-26(43-31)8-9-27-25-7-5-19(42-25)15-47(27)33(29)45-34(44-32)49-17-35-10-3-11-46(35)16-21(14-35)50-36(39,40)41/h1,4,6,12-13,19,21,25,27,42,48H,3,5,7-11,14-17H2/t19-,21-,25+,27-,35+/m1/s1. The number of hydrogen-bond acceptors (Lipinski definition) is 9. The number of piperazine rings is 1. The monoisotopic (exact) mass is 692 g/mol. The first kappa shape index (κ1) is 31.6. The van der Waals surface area contributed by atoms with Gasteiger partial charge >= 0.3 is 12.4 Å². The normalized spacial score (nSPS) is 27.4. The Labute approximate surface area is 283 Å². The minimum atomic E-state index is -4.75. The van der Waals surface area contributed by atoms with Crippen LogP contribution in [0.4, 0.5) is 27.8 Å². The second kappa shape index (κ2) is 11.3. The SMILES string of the molecule is C#Cc1c(F)ccc2cc(O)cc(-c3nc4c5c(nc(OC[C@@]67CCCN6C[C@H](OC(F)(F)F)C7)nc5c3F)N3C[C@H]5CC[C@H](N5)[C@H]3CC4)c12. The fourth-order valence-corrected chi connectivity index (χ4v) is 9.30. The molecule has 0 unspecified atom stereocenters. The quantitative estimate of drug-likeness (QED) is 0.205. The van der Waals surface area contributed by atoms with Crippen molar-refractivity contribution in [1.82, 2.24) is 25.2 Å². The van der Waals surface area contributed by atoms with Crippen molar-refractivity contribution in [2.45, 2.75) is 81.1 Å². The Balaban J connectivity index is 1.19. The summed E-state index contributed by atoms with van der Waals surface area (Å²) >= 11 is 0. The Morgan fingerprint density at radius 1 is 1.08 bits per heavy atom. The Morgan fingerprint density at radius 2 is 1.94 bits per heavy atom. The molecule has 4 aromatic rings. The van der Waals surface area contributed by atoms with E-state index in [0.717, 1.165) is 19.3 Å². The van der Waals surface area contributed by atoms with Gasteiger partial charge in [0.05, 0.1) is 28.3 Å². The Morgan fingerprint density at radius 3 is 2.76 bits per heavy atom. The minimum Gasteiger partial charge on any atom is -0.508 e. The fourth-order valence-electron chi connectivity index (χ4n) is 9.30. The van der Waals surface area contributed by atoms with Crippen LogP contribution in [0.15, 0.2) is 24.3 Å². The molecule has 2 N–H and O–H groups in total. The molecule has 2 bridgehead atoms. The number of aryl methyl sites for hydroxylation is 1. The van der Waals surface area contributed by atoms with Gasteiger partial charge in [-0.25, -0.2) is 13.8 Å². The van der Waals surface area contributed by atoms with E-state index in [1.807, 2.05) is 4.90 Å². The Bertz CT molecular complexity index is 2110. The summed E-state index contributed by atoms with van der Waals surface area (Å²) in [7, 11) is 0. The first-order valence-electron chi connectivity index (χ1n) is 17.0. The van der Waals surface area contributed by atoms with Crippen LogP contribution in [0.5, 0.6) is 11.8 Å². The van der Waals surface area contributed by atoms with Crippen LogP contribution in [-0.2, 0) is 11.2 Å². The summed E-state index contributed by atoms with van der Waals surface area (Å²) in [6.07, 6.45) is 4.67. The van der Waals surface area contributed by atoms with Crippen molar-refractivity contribution in [1.29, 1.82) is 0 Å². The van der Waals surface area contributed by atoms with Crippen LogP contribution in [0.3, 0.4) is 0 Å². The lowest BCUT2D eigenvalue weighted by molar-refractivity contribution is -0.340. The summed E-state index contributed by atoms with van der Waals surface area (Å²) < 4.78 is 82.2. The number of nitrogens with one attached hydrogen (secondary N) is 1. The van der Waals surface area contributed by atoms with Gasteiger partial charge in [-0.15, -0.1) is 19.6 Å². The van der Waals surface area contributed by atoms with Gasteiger partial charge in [0, 0.05) is 42.2 Å². The molecule has 4 saturated heterocycles. The van der Waals surface area contributed by atoms with Crippen molar-refractivity contribution in [2.75, 3.05) is 31.1 Å². The van der Waals surface area contributed by atoms with E-state index in [9.17, 15) is 18.3 Å². The van der Waals surface area contributed by atoms with Gasteiger partial charge in [0.25, 0.3) is 0 Å². The predicted octanol–water partition coefficient (Wildman–Crippen LogP) is 5.59. The lowest BCUT2D eigenvalue weighted by Gasteiger charge is -2.41. The van der Waals surface area contributed by atoms with E-state index in [0.29, 0.717) is 54.6 Å². The molecule has 0 amide bonds. The second-order valence-electron chi connectivity index (χ2n) is 14.2. The number of phenols is 1. The van der Waals surface area contributed by atoms with Crippen molar-refractivity contribution < 1.29 is 36.5 Å². The van der Waals surface area contributed by atoms with E-state index < -0.39 is 29.6 Å². The summed E-state index contributed by atoms with van der Waals surface area (Å²) in [4.78, 5) is 18.5. The summed E-state index contributed by atoms with van der Waals surface area (Å²) in [6.45, 7) is 1.39. The van der Waals surface area contributed by atoms with Gasteiger partial charge in [0.2, 0.25) is 0 Å². The number of aromatic nitrogens is 3. The number of terminal acetylenes is 1. The first-order chi connectivity index (χ1) is 24.0. The van der Waals surface area contributed by atoms with Crippen LogP contribution in [0.2, 0.25) is 0 Å². The Kier molecular flexibility index (Phi) is 7.18. The third-order valence-corrected chi connectivity index (χ3v) is 11.3. The average molecular weight is 693 g/mol. The maximum atomic E-state index is 17.1. The highest BCUT2D eigenvalue weighted by atomic mass is 19.4. The average Bonchev–Trinajstić information content (AvgIpc) is 3.71. The summed E-state index contributed by atoms with van der Waals surface area (Å²) in [5, 5.41) is 15.5. The molecule has 0 aliphatic carbocycles. The van der Waals surface area contributed by atoms with Crippen LogP contribution < -0.4 is 15.0 Å². The second-order valence-corrected chi connectivity index (χ2v) is 14.2. The van der Waals surface area contributed by atoms with E-state index in [4.69, 9.17) is 21.1 Å². The number of benzene rings is 2. The molecule has 5 aliphatic rings. The van der Waals surface area contributed by atoms with Gasteiger partial charge in [0.15, 0.2) is 5.82 Å². The third kappa shape index (κ3) is 5.04. The van der Waals surface area contributed by atoms with E-state index in [-0.39, 0.29) is 77.2 Å².